The van der Waals surface area contributed by atoms with Gasteiger partial charge in [-0.25, -0.2) is 15.0 Å². The summed E-state index contributed by atoms with van der Waals surface area (Å²) in [6, 6.07) is 1.87. The number of hydrogen-bond acceptors (Lipinski definition) is 9. The van der Waals surface area contributed by atoms with Gasteiger partial charge in [-0.3, -0.25) is 4.79 Å². The Morgan fingerprint density at radius 1 is 1.26 bits per heavy atom. The largest absolute Gasteiger partial charge is 0.468 e. The quantitative estimate of drug-likeness (QED) is 0.480. The van der Waals surface area contributed by atoms with Crippen molar-refractivity contribution in [3.05, 3.63) is 24.2 Å². The number of hydrogen-bond donors (Lipinski definition) is 0. The third-order valence-electron chi connectivity index (χ3n) is 4.44. The van der Waals surface area contributed by atoms with E-state index in [1.165, 1.54) is 31.7 Å². The number of nitrogens with zero attached hydrogens (tertiary/aromatic N) is 7. The number of carbonyl (C=O) groups excluding carboxylic acids is 1. The average molecular weight is 385 g/mol. The van der Waals surface area contributed by atoms with Crippen molar-refractivity contribution in [2.75, 3.05) is 30.9 Å². The Hall–Kier alpha value is -2.75. The van der Waals surface area contributed by atoms with Gasteiger partial charge in [0.05, 0.1) is 24.3 Å². The summed E-state index contributed by atoms with van der Waals surface area (Å²) >= 11 is 1.22. The van der Waals surface area contributed by atoms with Crippen molar-refractivity contribution in [3.63, 3.8) is 0 Å². The van der Waals surface area contributed by atoms with E-state index >= 15 is 0 Å². The number of fused-ring (bicyclic) bond motifs is 1. The summed E-state index contributed by atoms with van der Waals surface area (Å²) in [6.07, 6.45) is 5.87. The predicted molar refractivity (Wildman–Crippen MR) is 101 cm³/mol. The smallest absolute Gasteiger partial charge is 0.316 e. The molecule has 4 rings (SSSR count). The molecule has 0 aromatic carbocycles. The zero-order valence-electron chi connectivity index (χ0n) is 15.1. The number of ether oxygens (including phenoxy) is 1. The molecule has 0 amide bonds. The van der Waals surface area contributed by atoms with E-state index in [2.05, 4.69) is 29.7 Å². The minimum atomic E-state index is -0.320. The van der Waals surface area contributed by atoms with Crippen molar-refractivity contribution in [2.45, 2.75) is 24.9 Å². The summed E-state index contributed by atoms with van der Waals surface area (Å²) in [4.78, 5) is 31.4. The number of anilines is 1. The second-order valence-electron chi connectivity index (χ2n) is 6.16. The number of carbonyl (C=O) groups is 1. The molecule has 0 radical (unpaired) electrons. The summed E-state index contributed by atoms with van der Waals surface area (Å²) in [7, 11) is 1.36. The lowest BCUT2D eigenvalue weighted by molar-refractivity contribution is -0.137. The van der Waals surface area contributed by atoms with Gasteiger partial charge in [-0.2, -0.15) is 9.50 Å². The number of rotatable bonds is 5. The van der Waals surface area contributed by atoms with Crippen LogP contribution in [0.2, 0.25) is 0 Å². The lowest BCUT2D eigenvalue weighted by Crippen LogP contribution is -2.20. The number of thioether (sulfide) groups is 1. The SMILES string of the molecule is COC(=O)CSc1nc2ncc(-c3ccnc(N4CCCC4)n3)c(C)n2n1. The maximum Gasteiger partial charge on any atom is 0.316 e. The molecule has 9 nitrogen and oxygen atoms in total. The Labute approximate surface area is 160 Å². The van der Waals surface area contributed by atoms with Crippen LogP contribution in [0.15, 0.2) is 23.6 Å². The fourth-order valence-electron chi connectivity index (χ4n) is 2.99. The Morgan fingerprint density at radius 2 is 2.07 bits per heavy atom. The standard InChI is InChI=1S/C17H19N7O2S/c1-11-12(13-5-6-18-15(20-13)23-7-3-4-8-23)9-19-16-21-17(22-24(11)16)27-10-14(25)26-2/h5-6,9H,3-4,7-8,10H2,1-2H3. The van der Waals surface area contributed by atoms with E-state index in [9.17, 15) is 4.79 Å². The molecule has 3 aromatic heterocycles. The van der Waals surface area contributed by atoms with Crippen LogP contribution < -0.4 is 4.90 Å². The molecule has 0 N–H and O–H groups in total. The van der Waals surface area contributed by atoms with Crippen molar-refractivity contribution in [3.8, 4) is 11.3 Å². The summed E-state index contributed by atoms with van der Waals surface area (Å²) in [5.41, 5.74) is 2.56. The second-order valence-corrected chi connectivity index (χ2v) is 7.11. The van der Waals surface area contributed by atoms with Crippen molar-refractivity contribution in [1.82, 2.24) is 29.5 Å². The Balaban J connectivity index is 1.65. The van der Waals surface area contributed by atoms with Crippen molar-refractivity contribution < 1.29 is 9.53 Å². The van der Waals surface area contributed by atoms with Gasteiger partial charge in [0.15, 0.2) is 0 Å². The Morgan fingerprint density at radius 3 is 2.85 bits per heavy atom. The lowest BCUT2D eigenvalue weighted by Gasteiger charge is -2.15. The molecule has 27 heavy (non-hydrogen) atoms. The first-order chi connectivity index (χ1) is 13.2. The molecule has 4 heterocycles. The van der Waals surface area contributed by atoms with Gasteiger partial charge in [-0.1, -0.05) is 11.8 Å². The lowest BCUT2D eigenvalue weighted by atomic mass is 10.2. The predicted octanol–water partition coefficient (Wildman–Crippen LogP) is 1.76. The highest BCUT2D eigenvalue weighted by molar-refractivity contribution is 7.99. The molecule has 0 spiro atoms. The summed E-state index contributed by atoms with van der Waals surface area (Å²) in [6.45, 7) is 3.93. The zero-order chi connectivity index (χ0) is 18.8. The van der Waals surface area contributed by atoms with E-state index in [1.807, 2.05) is 13.0 Å². The van der Waals surface area contributed by atoms with Gasteiger partial charge in [0, 0.05) is 31.0 Å². The van der Waals surface area contributed by atoms with Crippen LogP contribution in [0.3, 0.4) is 0 Å². The average Bonchev–Trinajstić information content (AvgIpc) is 3.36. The van der Waals surface area contributed by atoms with E-state index in [4.69, 9.17) is 4.98 Å². The third kappa shape index (κ3) is 3.57. The number of methoxy groups -OCH3 is 1. The van der Waals surface area contributed by atoms with E-state index < -0.39 is 0 Å². The van der Waals surface area contributed by atoms with Crippen LogP contribution >= 0.6 is 11.8 Å². The first-order valence-corrected chi connectivity index (χ1v) is 9.64. The molecule has 140 valence electrons. The van der Waals surface area contributed by atoms with E-state index in [-0.39, 0.29) is 11.7 Å². The molecular formula is C17H19N7O2S. The van der Waals surface area contributed by atoms with E-state index in [0.717, 1.165) is 36.0 Å². The van der Waals surface area contributed by atoms with Crippen LogP contribution in [-0.4, -0.2) is 61.5 Å². The summed E-state index contributed by atoms with van der Waals surface area (Å²) in [5, 5.41) is 4.93. The molecular weight excluding hydrogens is 366 g/mol. The van der Waals surface area contributed by atoms with Gasteiger partial charge in [-0.05, 0) is 25.8 Å². The molecule has 0 atom stereocenters. The highest BCUT2D eigenvalue weighted by atomic mass is 32.2. The number of esters is 1. The van der Waals surface area contributed by atoms with Crippen molar-refractivity contribution in [2.24, 2.45) is 0 Å². The van der Waals surface area contributed by atoms with Crippen LogP contribution in [0, 0.1) is 6.92 Å². The molecule has 0 aliphatic carbocycles. The highest BCUT2D eigenvalue weighted by Crippen LogP contribution is 2.24. The highest BCUT2D eigenvalue weighted by Gasteiger charge is 2.17. The minimum absolute atomic E-state index is 0.157. The van der Waals surface area contributed by atoms with Gasteiger partial charge in [0.1, 0.15) is 0 Å². The second kappa shape index (κ2) is 7.47. The third-order valence-corrected chi connectivity index (χ3v) is 5.25. The molecule has 0 bridgehead atoms. The fraction of sp³-hybridized carbons (Fsp3) is 0.412. The number of aryl methyl sites for hydroxylation is 1. The normalized spacial score (nSPS) is 14.1. The molecule has 1 aliphatic heterocycles. The first kappa shape index (κ1) is 17.7. The van der Waals surface area contributed by atoms with E-state index in [1.54, 1.807) is 16.9 Å². The maximum atomic E-state index is 11.3. The first-order valence-electron chi connectivity index (χ1n) is 8.66. The van der Waals surface area contributed by atoms with Gasteiger partial charge in [0.2, 0.25) is 11.1 Å². The molecule has 0 unspecified atom stereocenters. The van der Waals surface area contributed by atoms with Crippen molar-refractivity contribution >= 4 is 29.5 Å². The Bertz CT molecular complexity index is 985. The fourth-order valence-corrected chi connectivity index (χ4v) is 3.64. The summed E-state index contributed by atoms with van der Waals surface area (Å²) < 4.78 is 6.32. The molecule has 0 saturated carbocycles. The minimum Gasteiger partial charge on any atom is -0.468 e. The maximum absolute atomic E-state index is 11.3. The van der Waals surface area contributed by atoms with Crippen LogP contribution in [-0.2, 0) is 9.53 Å². The Kier molecular flexibility index (Phi) is 4.88. The van der Waals surface area contributed by atoms with Crippen LogP contribution in [0.4, 0.5) is 5.95 Å². The zero-order valence-corrected chi connectivity index (χ0v) is 15.9. The van der Waals surface area contributed by atoms with Gasteiger partial charge >= 0.3 is 5.97 Å². The molecule has 1 aliphatic rings. The van der Waals surface area contributed by atoms with Gasteiger partial charge < -0.3 is 9.64 Å². The number of aromatic nitrogens is 6. The molecule has 3 aromatic rings. The molecule has 1 fully saturated rings. The van der Waals surface area contributed by atoms with Gasteiger partial charge in [-0.15, -0.1) is 5.10 Å². The monoisotopic (exact) mass is 385 g/mol. The summed E-state index contributed by atoms with van der Waals surface area (Å²) in [5.74, 6) is 1.07. The van der Waals surface area contributed by atoms with Crippen molar-refractivity contribution in [1.29, 1.82) is 0 Å². The van der Waals surface area contributed by atoms with Gasteiger partial charge in [0.25, 0.3) is 5.78 Å². The van der Waals surface area contributed by atoms with Crippen LogP contribution in [0.5, 0.6) is 0 Å². The van der Waals surface area contributed by atoms with E-state index in [0.29, 0.717) is 10.9 Å². The topological polar surface area (TPSA) is 98.4 Å². The molecule has 10 heteroatoms. The van der Waals surface area contributed by atoms with Crippen LogP contribution in [0.25, 0.3) is 17.0 Å². The molecule has 1 saturated heterocycles. The van der Waals surface area contributed by atoms with Crippen LogP contribution in [0.1, 0.15) is 18.5 Å².